The van der Waals surface area contributed by atoms with Gasteiger partial charge < -0.3 is 9.73 Å². The van der Waals surface area contributed by atoms with Crippen LogP contribution in [0.4, 0.5) is 18.9 Å². The van der Waals surface area contributed by atoms with E-state index in [9.17, 15) is 18.0 Å². The molecule has 1 aromatic carbocycles. The molecule has 2 rings (SSSR count). The average molecular weight is 304 g/mol. The molecule has 0 saturated carbocycles. The molecule has 0 radical (unpaired) electrons. The Hall–Kier alpha value is -1.95. The number of amides is 1. The van der Waals surface area contributed by atoms with Crippen LogP contribution in [0.1, 0.15) is 21.7 Å². The maximum absolute atomic E-state index is 12.6. The van der Waals surface area contributed by atoms with Crippen molar-refractivity contribution in [2.75, 3.05) is 5.32 Å². The van der Waals surface area contributed by atoms with Gasteiger partial charge in [-0.25, -0.2) is 0 Å². The van der Waals surface area contributed by atoms with Crippen molar-refractivity contribution in [2.45, 2.75) is 13.1 Å². The number of hydrogen-bond acceptors (Lipinski definition) is 2. The van der Waals surface area contributed by atoms with Gasteiger partial charge in [-0.15, -0.1) is 0 Å². The van der Waals surface area contributed by atoms with Crippen LogP contribution in [0.5, 0.6) is 0 Å². The number of rotatable bonds is 2. The maximum Gasteiger partial charge on any atom is 0.416 e. The van der Waals surface area contributed by atoms with Crippen LogP contribution >= 0.6 is 11.6 Å². The van der Waals surface area contributed by atoms with Gasteiger partial charge >= 0.3 is 6.18 Å². The lowest BCUT2D eigenvalue weighted by molar-refractivity contribution is -0.137. The van der Waals surface area contributed by atoms with Crippen LogP contribution in [-0.4, -0.2) is 5.91 Å². The molecule has 7 heteroatoms. The van der Waals surface area contributed by atoms with Gasteiger partial charge in [0.1, 0.15) is 0 Å². The Kier molecular flexibility index (Phi) is 3.76. The molecular weight excluding hydrogens is 295 g/mol. The normalized spacial score (nSPS) is 11.4. The summed E-state index contributed by atoms with van der Waals surface area (Å²) < 4.78 is 42.7. The van der Waals surface area contributed by atoms with Crippen molar-refractivity contribution in [1.29, 1.82) is 0 Å². The summed E-state index contributed by atoms with van der Waals surface area (Å²) in [5, 5.41) is 2.38. The fraction of sp³-hybridized carbons (Fsp3) is 0.154. The van der Waals surface area contributed by atoms with E-state index >= 15 is 0 Å². The van der Waals surface area contributed by atoms with Crippen LogP contribution in [0.3, 0.4) is 0 Å². The number of carbonyl (C=O) groups excluding carboxylic acids is 1. The topological polar surface area (TPSA) is 42.2 Å². The molecule has 1 aromatic heterocycles. The standard InChI is InChI=1S/C13H9ClF3NO2/c1-7-2-3-8(13(15,16)17)6-9(7)18-12(19)10-4-5-11(14)20-10/h2-6H,1H3,(H,18,19). The molecule has 20 heavy (non-hydrogen) atoms. The van der Waals surface area contributed by atoms with Crippen LogP contribution in [0.25, 0.3) is 0 Å². The van der Waals surface area contributed by atoms with Gasteiger partial charge in [0.25, 0.3) is 5.91 Å². The van der Waals surface area contributed by atoms with Crippen molar-refractivity contribution in [1.82, 2.24) is 0 Å². The third kappa shape index (κ3) is 3.14. The quantitative estimate of drug-likeness (QED) is 0.886. The highest BCUT2D eigenvalue weighted by Crippen LogP contribution is 2.32. The Morgan fingerprint density at radius 3 is 2.50 bits per heavy atom. The first-order valence-corrected chi connectivity index (χ1v) is 5.89. The molecule has 0 unspecified atom stereocenters. The second kappa shape index (κ2) is 5.20. The Balaban J connectivity index is 2.27. The van der Waals surface area contributed by atoms with Crippen molar-refractivity contribution in [3.8, 4) is 0 Å². The van der Waals surface area contributed by atoms with E-state index < -0.39 is 17.6 Å². The minimum Gasteiger partial charge on any atom is -0.440 e. The number of aryl methyl sites for hydroxylation is 1. The van der Waals surface area contributed by atoms with Gasteiger partial charge in [0.15, 0.2) is 11.0 Å². The average Bonchev–Trinajstić information content (AvgIpc) is 2.77. The number of hydrogen-bond donors (Lipinski definition) is 1. The van der Waals surface area contributed by atoms with Gasteiger partial charge in [0.05, 0.1) is 5.56 Å². The van der Waals surface area contributed by atoms with E-state index in [1.54, 1.807) is 6.92 Å². The smallest absolute Gasteiger partial charge is 0.416 e. The first-order chi connectivity index (χ1) is 9.27. The predicted octanol–water partition coefficient (Wildman–Crippen LogP) is 4.51. The van der Waals surface area contributed by atoms with E-state index in [1.165, 1.54) is 18.2 Å². The number of benzene rings is 1. The lowest BCUT2D eigenvalue weighted by Crippen LogP contribution is -2.13. The fourth-order valence-corrected chi connectivity index (χ4v) is 1.70. The van der Waals surface area contributed by atoms with Crippen molar-refractivity contribution in [2.24, 2.45) is 0 Å². The van der Waals surface area contributed by atoms with Crippen molar-refractivity contribution < 1.29 is 22.4 Å². The van der Waals surface area contributed by atoms with Crippen LogP contribution in [0.2, 0.25) is 5.22 Å². The first-order valence-electron chi connectivity index (χ1n) is 5.52. The first kappa shape index (κ1) is 14.5. The zero-order valence-electron chi connectivity index (χ0n) is 10.2. The summed E-state index contributed by atoms with van der Waals surface area (Å²) in [7, 11) is 0. The van der Waals surface area contributed by atoms with E-state index in [1.807, 2.05) is 0 Å². The SMILES string of the molecule is Cc1ccc(C(F)(F)F)cc1NC(=O)c1ccc(Cl)o1. The minimum atomic E-state index is -4.47. The molecule has 0 bridgehead atoms. The summed E-state index contributed by atoms with van der Waals surface area (Å²) >= 11 is 5.53. The molecule has 0 aliphatic carbocycles. The molecule has 0 fully saturated rings. The van der Waals surface area contributed by atoms with E-state index in [4.69, 9.17) is 16.0 Å². The molecule has 0 saturated heterocycles. The van der Waals surface area contributed by atoms with Gasteiger partial charge in [-0.1, -0.05) is 6.07 Å². The molecule has 1 heterocycles. The maximum atomic E-state index is 12.6. The summed E-state index contributed by atoms with van der Waals surface area (Å²) in [6.45, 7) is 1.59. The molecule has 0 spiro atoms. The van der Waals surface area contributed by atoms with Gasteiger partial charge in [0, 0.05) is 5.69 Å². The minimum absolute atomic E-state index is 0.0240. The third-order valence-electron chi connectivity index (χ3n) is 2.61. The highest BCUT2D eigenvalue weighted by Gasteiger charge is 2.31. The number of carbonyl (C=O) groups is 1. The molecule has 0 aliphatic rings. The van der Waals surface area contributed by atoms with Crippen molar-refractivity contribution >= 4 is 23.2 Å². The lowest BCUT2D eigenvalue weighted by atomic mass is 10.1. The molecule has 106 valence electrons. The number of alkyl halides is 3. The number of anilines is 1. The highest BCUT2D eigenvalue weighted by atomic mass is 35.5. The molecule has 3 nitrogen and oxygen atoms in total. The Morgan fingerprint density at radius 2 is 1.95 bits per heavy atom. The monoisotopic (exact) mass is 303 g/mol. The van der Waals surface area contributed by atoms with Crippen molar-refractivity contribution in [3.05, 3.63) is 52.4 Å². The molecule has 1 N–H and O–H groups in total. The van der Waals surface area contributed by atoms with E-state index in [-0.39, 0.29) is 16.7 Å². The predicted molar refractivity (Wildman–Crippen MR) is 67.9 cm³/mol. The summed E-state index contributed by atoms with van der Waals surface area (Å²) in [4.78, 5) is 11.8. The largest absolute Gasteiger partial charge is 0.440 e. The van der Waals surface area contributed by atoms with Gasteiger partial charge in [-0.3, -0.25) is 4.79 Å². The molecule has 0 aliphatic heterocycles. The molecular formula is C13H9ClF3NO2. The van der Waals surface area contributed by atoms with Crippen molar-refractivity contribution in [3.63, 3.8) is 0 Å². The Morgan fingerprint density at radius 1 is 1.25 bits per heavy atom. The van der Waals surface area contributed by atoms with Crippen LogP contribution in [0.15, 0.2) is 34.7 Å². The molecule has 1 amide bonds. The second-order valence-electron chi connectivity index (χ2n) is 4.09. The Bertz CT molecular complexity index is 649. The summed E-state index contributed by atoms with van der Waals surface area (Å²) in [6, 6.07) is 5.82. The lowest BCUT2D eigenvalue weighted by Gasteiger charge is -2.11. The van der Waals surface area contributed by atoms with Crippen LogP contribution in [0, 0.1) is 6.92 Å². The number of furan rings is 1. The van der Waals surface area contributed by atoms with Gasteiger partial charge in [0.2, 0.25) is 0 Å². The summed E-state index contributed by atoms with van der Waals surface area (Å²) in [6.07, 6.45) is -4.47. The Labute approximate surface area is 117 Å². The van der Waals surface area contributed by atoms with E-state index in [0.717, 1.165) is 12.1 Å². The second-order valence-corrected chi connectivity index (χ2v) is 4.46. The zero-order valence-corrected chi connectivity index (χ0v) is 11.0. The van der Waals surface area contributed by atoms with Crippen LogP contribution < -0.4 is 5.32 Å². The third-order valence-corrected chi connectivity index (χ3v) is 2.81. The van der Waals surface area contributed by atoms with E-state index in [2.05, 4.69) is 5.32 Å². The molecule has 2 aromatic rings. The van der Waals surface area contributed by atoms with E-state index in [0.29, 0.717) is 5.56 Å². The number of halogens is 4. The fourth-order valence-electron chi connectivity index (χ4n) is 1.55. The number of nitrogens with one attached hydrogen (secondary N) is 1. The summed E-state index contributed by atoms with van der Waals surface area (Å²) in [5.74, 6) is -0.744. The van der Waals surface area contributed by atoms with Gasteiger partial charge in [-0.2, -0.15) is 13.2 Å². The highest BCUT2D eigenvalue weighted by molar-refractivity contribution is 6.29. The zero-order chi connectivity index (χ0) is 14.9. The van der Waals surface area contributed by atoms with Gasteiger partial charge in [-0.05, 0) is 48.4 Å². The van der Waals surface area contributed by atoms with Crippen LogP contribution in [-0.2, 0) is 6.18 Å². The summed E-state index contributed by atoms with van der Waals surface area (Å²) in [5.41, 5.74) is -0.266. The molecule has 0 atom stereocenters.